The second-order valence-electron chi connectivity index (χ2n) is 6.36. The molecule has 2 aromatic rings. The number of urea groups is 1. The third-order valence-electron chi connectivity index (χ3n) is 3.99. The first-order valence-electron chi connectivity index (χ1n) is 9.05. The minimum Gasteiger partial charge on any atom is -0.489 e. The Morgan fingerprint density at radius 1 is 1.07 bits per heavy atom. The summed E-state index contributed by atoms with van der Waals surface area (Å²) < 4.78 is 31.8. The van der Waals surface area contributed by atoms with Crippen molar-refractivity contribution in [2.24, 2.45) is 5.73 Å². The third kappa shape index (κ3) is 7.74. The average molecular weight is 407 g/mol. The molecule has 0 unspecified atom stereocenters. The van der Waals surface area contributed by atoms with Gasteiger partial charge in [-0.15, -0.1) is 0 Å². The molecule has 0 spiro atoms. The maximum Gasteiger partial charge on any atom is 0.326 e. The van der Waals surface area contributed by atoms with Gasteiger partial charge in [0.25, 0.3) is 0 Å². The Bertz CT molecular complexity index is 811. The predicted molar refractivity (Wildman–Crippen MR) is 104 cm³/mol. The van der Waals surface area contributed by atoms with Crippen LogP contribution >= 0.6 is 0 Å². The van der Waals surface area contributed by atoms with E-state index in [0.29, 0.717) is 36.4 Å². The highest BCUT2D eigenvalue weighted by molar-refractivity contribution is 5.92. The van der Waals surface area contributed by atoms with E-state index in [1.165, 1.54) is 12.1 Å². The molecule has 0 bridgehead atoms. The largest absolute Gasteiger partial charge is 0.489 e. The van der Waals surface area contributed by atoms with E-state index in [-0.39, 0.29) is 13.0 Å². The van der Waals surface area contributed by atoms with Crippen molar-refractivity contribution >= 4 is 17.7 Å². The van der Waals surface area contributed by atoms with Crippen LogP contribution in [0.15, 0.2) is 42.5 Å². The van der Waals surface area contributed by atoms with Crippen LogP contribution in [-0.2, 0) is 11.4 Å². The van der Waals surface area contributed by atoms with Crippen molar-refractivity contribution in [1.82, 2.24) is 5.32 Å². The van der Waals surface area contributed by atoms with Gasteiger partial charge in [-0.1, -0.05) is 0 Å². The first-order chi connectivity index (χ1) is 13.9. The molecule has 0 fully saturated rings. The van der Waals surface area contributed by atoms with Crippen LogP contribution in [0.1, 0.15) is 24.8 Å². The van der Waals surface area contributed by atoms with E-state index < -0.39 is 29.7 Å². The summed E-state index contributed by atoms with van der Waals surface area (Å²) in [7, 11) is 0. The summed E-state index contributed by atoms with van der Waals surface area (Å²) in [6.07, 6.45) is 1.55. The van der Waals surface area contributed by atoms with Crippen LogP contribution < -0.4 is 21.1 Å². The van der Waals surface area contributed by atoms with E-state index in [1.54, 1.807) is 24.3 Å². The zero-order valence-electron chi connectivity index (χ0n) is 15.7. The van der Waals surface area contributed by atoms with Crippen molar-refractivity contribution in [2.45, 2.75) is 31.9 Å². The summed E-state index contributed by atoms with van der Waals surface area (Å²) in [4.78, 5) is 23.2. The smallest absolute Gasteiger partial charge is 0.326 e. The molecule has 7 nitrogen and oxygen atoms in total. The topological polar surface area (TPSA) is 114 Å². The lowest BCUT2D eigenvalue weighted by Crippen LogP contribution is -2.43. The highest BCUT2D eigenvalue weighted by Crippen LogP contribution is 2.18. The lowest BCUT2D eigenvalue weighted by molar-refractivity contribution is -0.139. The number of hydrogen-bond acceptors (Lipinski definition) is 4. The van der Waals surface area contributed by atoms with Gasteiger partial charge in [0.15, 0.2) is 0 Å². The minimum absolute atomic E-state index is 0.0228. The molecular formula is C20H23F2N3O4. The van der Waals surface area contributed by atoms with Crippen molar-refractivity contribution < 1.29 is 28.2 Å². The van der Waals surface area contributed by atoms with Gasteiger partial charge in [-0.3, -0.25) is 0 Å². The highest BCUT2D eigenvalue weighted by Gasteiger charge is 2.19. The summed E-state index contributed by atoms with van der Waals surface area (Å²) in [6.45, 7) is 0.437. The maximum absolute atomic E-state index is 13.2. The van der Waals surface area contributed by atoms with Crippen molar-refractivity contribution in [3.8, 4) is 5.75 Å². The fourth-order valence-electron chi connectivity index (χ4n) is 2.57. The van der Waals surface area contributed by atoms with Gasteiger partial charge in [-0.2, -0.15) is 0 Å². The molecule has 2 rings (SSSR count). The molecule has 5 N–H and O–H groups in total. The Hall–Kier alpha value is -3.20. The summed E-state index contributed by atoms with van der Waals surface area (Å²) >= 11 is 0. The molecule has 0 aliphatic carbocycles. The van der Waals surface area contributed by atoms with Crippen molar-refractivity contribution in [3.05, 3.63) is 59.7 Å². The number of rotatable bonds is 10. The summed E-state index contributed by atoms with van der Waals surface area (Å²) in [5.41, 5.74) is 6.16. The average Bonchev–Trinajstić information content (AvgIpc) is 2.66. The van der Waals surface area contributed by atoms with E-state index >= 15 is 0 Å². The second kappa shape index (κ2) is 11.0. The molecular weight excluding hydrogens is 384 g/mol. The number of benzene rings is 2. The molecule has 0 aliphatic heterocycles. The quantitative estimate of drug-likeness (QED) is 0.452. The van der Waals surface area contributed by atoms with Crippen LogP contribution in [0.3, 0.4) is 0 Å². The standard InChI is InChI=1S/C20H23F2N3O4/c21-14-9-13(10-15(22)11-14)12-29-17-6-4-16(5-7-17)24-20(28)25-18(19(26)27)3-1-2-8-23/h4-7,9-11,18H,1-3,8,12,23H2,(H,26,27)(H2,24,25,28)/t18-/m0/s1. The molecule has 2 aromatic carbocycles. The molecule has 0 heterocycles. The fraction of sp³-hybridized carbons (Fsp3) is 0.300. The molecule has 2 amide bonds. The normalized spacial score (nSPS) is 11.6. The highest BCUT2D eigenvalue weighted by atomic mass is 19.1. The Morgan fingerprint density at radius 2 is 1.72 bits per heavy atom. The van der Waals surface area contributed by atoms with Crippen LogP contribution in [0.2, 0.25) is 0 Å². The number of aliphatic carboxylic acids is 1. The number of unbranched alkanes of at least 4 members (excludes halogenated alkanes) is 1. The molecule has 0 aromatic heterocycles. The number of amides is 2. The first kappa shape index (κ1) is 22.1. The fourth-order valence-corrected chi connectivity index (χ4v) is 2.57. The predicted octanol–water partition coefficient (Wildman–Crippen LogP) is 3.25. The third-order valence-corrected chi connectivity index (χ3v) is 3.99. The first-order valence-corrected chi connectivity index (χ1v) is 9.05. The number of nitrogens with one attached hydrogen (secondary N) is 2. The van der Waals surface area contributed by atoms with Crippen molar-refractivity contribution in [2.75, 3.05) is 11.9 Å². The molecule has 0 radical (unpaired) electrons. The van der Waals surface area contributed by atoms with Crippen LogP contribution in [0, 0.1) is 11.6 Å². The minimum atomic E-state index is -1.12. The van der Waals surface area contributed by atoms with Crippen LogP contribution in [-0.4, -0.2) is 29.7 Å². The van der Waals surface area contributed by atoms with E-state index in [4.69, 9.17) is 10.5 Å². The molecule has 1 atom stereocenters. The number of carbonyl (C=O) groups excluding carboxylic acids is 1. The van der Waals surface area contributed by atoms with Crippen LogP contribution in [0.4, 0.5) is 19.3 Å². The Kier molecular flexibility index (Phi) is 8.35. The van der Waals surface area contributed by atoms with Gasteiger partial charge in [-0.05, 0) is 67.8 Å². The molecule has 0 saturated heterocycles. The summed E-state index contributed by atoms with van der Waals surface area (Å²) in [6, 6.07) is 7.75. The number of ether oxygens (including phenoxy) is 1. The zero-order valence-corrected chi connectivity index (χ0v) is 15.7. The number of anilines is 1. The van der Waals surface area contributed by atoms with Gasteiger partial charge in [-0.25, -0.2) is 18.4 Å². The molecule has 156 valence electrons. The van der Waals surface area contributed by atoms with E-state index in [0.717, 1.165) is 6.07 Å². The van der Waals surface area contributed by atoms with Gasteiger partial charge in [0.1, 0.15) is 30.0 Å². The van der Waals surface area contributed by atoms with Gasteiger partial charge >= 0.3 is 12.0 Å². The van der Waals surface area contributed by atoms with Gasteiger partial charge < -0.3 is 26.2 Å². The number of hydrogen-bond donors (Lipinski definition) is 4. The Morgan fingerprint density at radius 3 is 2.31 bits per heavy atom. The van der Waals surface area contributed by atoms with E-state index in [9.17, 15) is 23.5 Å². The monoisotopic (exact) mass is 407 g/mol. The van der Waals surface area contributed by atoms with Crippen LogP contribution in [0.5, 0.6) is 5.75 Å². The number of carboxylic acid groups (broad SMARTS) is 1. The van der Waals surface area contributed by atoms with E-state index in [2.05, 4.69) is 10.6 Å². The summed E-state index contributed by atoms with van der Waals surface area (Å²) in [5.74, 6) is -2.05. The van der Waals surface area contributed by atoms with E-state index in [1.807, 2.05) is 0 Å². The SMILES string of the molecule is NCCCC[C@H](NC(=O)Nc1ccc(OCc2cc(F)cc(F)c2)cc1)C(=O)O. The summed E-state index contributed by atoms with van der Waals surface area (Å²) in [5, 5.41) is 14.1. The molecule has 0 saturated carbocycles. The number of carbonyl (C=O) groups is 2. The Balaban J connectivity index is 1.85. The number of carboxylic acids is 1. The van der Waals surface area contributed by atoms with Crippen molar-refractivity contribution in [3.63, 3.8) is 0 Å². The number of nitrogens with two attached hydrogens (primary N) is 1. The molecule has 9 heteroatoms. The van der Waals surface area contributed by atoms with Crippen molar-refractivity contribution in [1.29, 1.82) is 0 Å². The zero-order chi connectivity index (χ0) is 21.2. The second-order valence-corrected chi connectivity index (χ2v) is 6.36. The lowest BCUT2D eigenvalue weighted by atomic mass is 10.1. The van der Waals surface area contributed by atoms with Gasteiger partial charge in [0, 0.05) is 11.8 Å². The van der Waals surface area contributed by atoms with Gasteiger partial charge in [0.2, 0.25) is 0 Å². The number of halogens is 2. The Labute approximate surface area is 166 Å². The molecule has 0 aliphatic rings. The molecule has 29 heavy (non-hydrogen) atoms. The maximum atomic E-state index is 13.2. The van der Waals surface area contributed by atoms with Gasteiger partial charge in [0.05, 0.1) is 0 Å². The lowest BCUT2D eigenvalue weighted by Gasteiger charge is -2.15. The van der Waals surface area contributed by atoms with Crippen LogP contribution in [0.25, 0.3) is 0 Å².